The van der Waals surface area contributed by atoms with Crippen molar-refractivity contribution < 1.29 is 4.79 Å². The lowest BCUT2D eigenvalue weighted by molar-refractivity contribution is 0.0954. The number of hydrogen-bond donors (Lipinski definition) is 2. The molecule has 1 aliphatic rings. The summed E-state index contributed by atoms with van der Waals surface area (Å²) in [5.41, 5.74) is 6.16. The lowest BCUT2D eigenvalue weighted by Gasteiger charge is -2.42. The number of amides is 1. The van der Waals surface area contributed by atoms with E-state index in [1.54, 1.807) is 0 Å². The molecule has 0 fully saturated rings. The van der Waals surface area contributed by atoms with Gasteiger partial charge in [-0.25, -0.2) is 0 Å². The largest absolute Gasteiger partial charge is 0.361 e. The molecular formula is C25H30N2O. The smallest absolute Gasteiger partial charge is 0.251 e. The van der Waals surface area contributed by atoms with Crippen molar-refractivity contribution in [2.24, 2.45) is 0 Å². The quantitative estimate of drug-likeness (QED) is 0.623. The first-order valence-corrected chi connectivity index (χ1v) is 10.3. The number of benzene rings is 2. The van der Waals surface area contributed by atoms with Crippen molar-refractivity contribution >= 4 is 16.8 Å². The highest BCUT2D eigenvalue weighted by Crippen LogP contribution is 2.45. The molecule has 0 aliphatic heterocycles. The van der Waals surface area contributed by atoms with Crippen LogP contribution in [0, 0.1) is 0 Å². The molecule has 2 N–H and O–H groups in total. The molecule has 1 aliphatic carbocycles. The van der Waals surface area contributed by atoms with Gasteiger partial charge in [0.1, 0.15) is 0 Å². The molecule has 2 aromatic carbocycles. The topological polar surface area (TPSA) is 44.9 Å². The van der Waals surface area contributed by atoms with Crippen LogP contribution in [0.5, 0.6) is 0 Å². The molecule has 3 nitrogen and oxygen atoms in total. The van der Waals surface area contributed by atoms with Crippen LogP contribution in [-0.4, -0.2) is 17.4 Å². The Bertz CT molecular complexity index is 1030. The molecule has 1 aromatic heterocycles. The van der Waals surface area contributed by atoms with Crippen molar-refractivity contribution in [2.45, 2.75) is 57.8 Å². The SMILES string of the molecule is CC1(C)CCC(C)(C)c2cc(C(=O)NCCc3c[nH]c4ccccc34)ccc21. The Morgan fingerprint density at radius 2 is 1.71 bits per heavy atom. The summed E-state index contributed by atoms with van der Waals surface area (Å²) in [5, 5.41) is 4.34. The van der Waals surface area contributed by atoms with Crippen molar-refractivity contribution in [1.29, 1.82) is 0 Å². The van der Waals surface area contributed by atoms with E-state index in [1.165, 1.54) is 28.5 Å². The van der Waals surface area contributed by atoms with Crippen LogP contribution in [0.25, 0.3) is 10.9 Å². The summed E-state index contributed by atoms with van der Waals surface area (Å²) in [6.07, 6.45) is 5.20. The molecule has 0 atom stereocenters. The molecule has 3 aromatic rings. The number of aromatic amines is 1. The van der Waals surface area contributed by atoms with Gasteiger partial charge in [0, 0.05) is 29.2 Å². The fourth-order valence-corrected chi connectivity index (χ4v) is 4.48. The number of para-hydroxylation sites is 1. The minimum absolute atomic E-state index is 0.0156. The lowest BCUT2D eigenvalue weighted by Crippen LogP contribution is -2.34. The first-order chi connectivity index (χ1) is 13.3. The molecule has 0 bridgehead atoms. The van der Waals surface area contributed by atoms with Gasteiger partial charge in [-0.1, -0.05) is 52.0 Å². The van der Waals surface area contributed by atoms with E-state index in [2.05, 4.69) is 68.3 Å². The molecule has 3 heteroatoms. The van der Waals surface area contributed by atoms with Gasteiger partial charge < -0.3 is 10.3 Å². The van der Waals surface area contributed by atoms with Gasteiger partial charge in [0.25, 0.3) is 5.91 Å². The fraction of sp³-hybridized carbons (Fsp3) is 0.400. The van der Waals surface area contributed by atoms with E-state index in [0.29, 0.717) is 6.54 Å². The maximum Gasteiger partial charge on any atom is 0.251 e. The number of fused-ring (bicyclic) bond motifs is 2. The van der Waals surface area contributed by atoms with Gasteiger partial charge in [0.2, 0.25) is 0 Å². The number of carbonyl (C=O) groups excluding carboxylic acids is 1. The number of rotatable bonds is 4. The van der Waals surface area contributed by atoms with Crippen molar-refractivity contribution in [3.63, 3.8) is 0 Å². The Hall–Kier alpha value is -2.55. The van der Waals surface area contributed by atoms with Gasteiger partial charge in [-0.2, -0.15) is 0 Å². The van der Waals surface area contributed by atoms with Crippen molar-refractivity contribution in [3.8, 4) is 0 Å². The molecule has 1 amide bonds. The zero-order valence-electron chi connectivity index (χ0n) is 17.4. The number of carbonyl (C=O) groups is 1. The normalized spacial score (nSPS) is 17.3. The standard InChI is InChI=1S/C25H30N2O/c1-24(2)12-13-25(3,4)21-15-17(9-10-20(21)24)23(28)26-14-11-18-16-27-22-8-6-5-7-19(18)22/h5-10,15-16,27H,11-14H2,1-4H3,(H,26,28). The van der Waals surface area contributed by atoms with Crippen LogP contribution >= 0.6 is 0 Å². The molecule has 146 valence electrons. The molecule has 0 saturated carbocycles. The van der Waals surface area contributed by atoms with Crippen molar-refractivity contribution in [3.05, 3.63) is 70.9 Å². The van der Waals surface area contributed by atoms with Gasteiger partial charge in [-0.15, -0.1) is 0 Å². The van der Waals surface area contributed by atoms with E-state index in [0.717, 1.165) is 23.9 Å². The lowest BCUT2D eigenvalue weighted by atomic mass is 9.63. The monoisotopic (exact) mass is 374 g/mol. The summed E-state index contributed by atoms with van der Waals surface area (Å²) in [7, 11) is 0. The molecule has 0 unspecified atom stereocenters. The van der Waals surface area contributed by atoms with Gasteiger partial charge in [0.15, 0.2) is 0 Å². The fourth-order valence-electron chi connectivity index (χ4n) is 4.48. The van der Waals surface area contributed by atoms with E-state index in [-0.39, 0.29) is 16.7 Å². The number of aromatic nitrogens is 1. The summed E-state index contributed by atoms with van der Waals surface area (Å²) in [5.74, 6) is 0.0156. The third kappa shape index (κ3) is 3.34. The minimum Gasteiger partial charge on any atom is -0.361 e. The second-order valence-corrected chi connectivity index (χ2v) is 9.39. The first-order valence-electron chi connectivity index (χ1n) is 10.3. The van der Waals surface area contributed by atoms with Gasteiger partial charge >= 0.3 is 0 Å². The predicted octanol–water partition coefficient (Wildman–Crippen LogP) is 5.49. The highest BCUT2D eigenvalue weighted by Gasteiger charge is 2.37. The first kappa shape index (κ1) is 18.8. The van der Waals surface area contributed by atoms with Crippen molar-refractivity contribution in [2.75, 3.05) is 6.54 Å². The average molecular weight is 375 g/mol. The number of hydrogen-bond acceptors (Lipinski definition) is 1. The minimum atomic E-state index is 0.0156. The predicted molar refractivity (Wildman–Crippen MR) is 116 cm³/mol. The Labute approximate surface area is 167 Å². The van der Waals surface area contributed by atoms with Crippen molar-refractivity contribution in [1.82, 2.24) is 10.3 Å². The Balaban J connectivity index is 1.48. The third-order valence-corrected chi connectivity index (χ3v) is 6.47. The summed E-state index contributed by atoms with van der Waals surface area (Å²) in [6, 6.07) is 14.6. The van der Waals surface area contributed by atoms with E-state index >= 15 is 0 Å². The summed E-state index contributed by atoms with van der Waals surface area (Å²) >= 11 is 0. The Morgan fingerprint density at radius 3 is 2.50 bits per heavy atom. The maximum atomic E-state index is 12.8. The van der Waals surface area contributed by atoms with Crippen LogP contribution < -0.4 is 5.32 Å². The van der Waals surface area contributed by atoms with E-state index in [4.69, 9.17) is 0 Å². The van der Waals surface area contributed by atoms with Gasteiger partial charge in [0.05, 0.1) is 0 Å². The summed E-state index contributed by atoms with van der Waals surface area (Å²) < 4.78 is 0. The molecule has 1 heterocycles. The number of H-pyrrole nitrogens is 1. The summed E-state index contributed by atoms with van der Waals surface area (Å²) in [4.78, 5) is 16.1. The van der Waals surface area contributed by atoms with Gasteiger partial charge in [-0.3, -0.25) is 4.79 Å². The Morgan fingerprint density at radius 1 is 1.00 bits per heavy atom. The highest BCUT2D eigenvalue weighted by atomic mass is 16.1. The van der Waals surface area contributed by atoms with Crippen LogP contribution in [0.3, 0.4) is 0 Å². The van der Waals surface area contributed by atoms with E-state index in [1.807, 2.05) is 18.3 Å². The molecule has 28 heavy (non-hydrogen) atoms. The molecular weight excluding hydrogens is 344 g/mol. The zero-order chi connectivity index (χ0) is 19.9. The van der Waals surface area contributed by atoms with E-state index < -0.39 is 0 Å². The van der Waals surface area contributed by atoms with Gasteiger partial charge in [-0.05, 0) is 65.0 Å². The second-order valence-electron chi connectivity index (χ2n) is 9.39. The zero-order valence-corrected chi connectivity index (χ0v) is 17.4. The third-order valence-electron chi connectivity index (χ3n) is 6.47. The van der Waals surface area contributed by atoms with E-state index in [9.17, 15) is 4.79 Å². The summed E-state index contributed by atoms with van der Waals surface area (Å²) in [6.45, 7) is 9.83. The number of nitrogens with one attached hydrogen (secondary N) is 2. The Kier molecular flexibility index (Phi) is 4.57. The molecule has 0 spiro atoms. The van der Waals surface area contributed by atoms with Crippen LogP contribution in [0.2, 0.25) is 0 Å². The van der Waals surface area contributed by atoms with Crippen LogP contribution in [-0.2, 0) is 17.3 Å². The van der Waals surface area contributed by atoms with Crippen LogP contribution in [0.4, 0.5) is 0 Å². The average Bonchev–Trinajstić information content (AvgIpc) is 3.08. The highest BCUT2D eigenvalue weighted by molar-refractivity contribution is 5.94. The molecule has 0 saturated heterocycles. The maximum absolute atomic E-state index is 12.8. The van der Waals surface area contributed by atoms with Crippen LogP contribution in [0.15, 0.2) is 48.7 Å². The molecule has 4 rings (SSSR count). The van der Waals surface area contributed by atoms with Crippen LogP contribution in [0.1, 0.15) is 67.6 Å². The second kappa shape index (κ2) is 6.80. The molecule has 0 radical (unpaired) electrons.